The highest BCUT2D eigenvalue weighted by Gasteiger charge is 2.17. The van der Waals surface area contributed by atoms with Crippen molar-refractivity contribution in [3.05, 3.63) is 12.1 Å². The molecule has 0 aliphatic carbocycles. The molecular formula is C12H18N2O3. The van der Waals surface area contributed by atoms with Gasteiger partial charge < -0.3 is 24.8 Å². The largest absolute Gasteiger partial charge is 0.495 e. The molecule has 1 aromatic rings. The third-order valence-electron chi connectivity index (χ3n) is 2.88. The van der Waals surface area contributed by atoms with Crippen LogP contribution in [0.25, 0.3) is 0 Å². The van der Waals surface area contributed by atoms with Crippen LogP contribution in [0, 0.1) is 0 Å². The third-order valence-corrected chi connectivity index (χ3v) is 2.88. The molecule has 5 nitrogen and oxygen atoms in total. The van der Waals surface area contributed by atoms with E-state index in [4.69, 9.17) is 19.9 Å². The molecule has 1 heterocycles. The minimum absolute atomic E-state index is 0.585. The summed E-state index contributed by atoms with van der Waals surface area (Å²) in [6, 6.07) is 3.71. The third kappa shape index (κ3) is 2.39. The lowest BCUT2D eigenvalue weighted by atomic mass is 10.2. The molecule has 0 atom stereocenters. The molecule has 0 amide bonds. The molecule has 94 valence electrons. The summed E-state index contributed by atoms with van der Waals surface area (Å²) in [6.45, 7) is 3.17. The minimum atomic E-state index is 0.585. The average molecular weight is 238 g/mol. The number of anilines is 2. The van der Waals surface area contributed by atoms with E-state index in [0.29, 0.717) is 11.4 Å². The summed E-state index contributed by atoms with van der Waals surface area (Å²) in [5.74, 6) is 1.44. The van der Waals surface area contributed by atoms with Gasteiger partial charge in [0.2, 0.25) is 0 Å². The van der Waals surface area contributed by atoms with E-state index < -0.39 is 0 Å². The smallest absolute Gasteiger partial charge is 0.144 e. The molecule has 17 heavy (non-hydrogen) atoms. The predicted octanol–water partition coefficient (Wildman–Crippen LogP) is 1.12. The van der Waals surface area contributed by atoms with E-state index in [1.54, 1.807) is 20.3 Å². The van der Waals surface area contributed by atoms with E-state index >= 15 is 0 Å². The van der Waals surface area contributed by atoms with Crippen molar-refractivity contribution in [3.8, 4) is 11.5 Å². The average Bonchev–Trinajstić information content (AvgIpc) is 2.39. The van der Waals surface area contributed by atoms with Crippen LogP contribution in [0.4, 0.5) is 11.4 Å². The normalized spacial score (nSPS) is 15.8. The van der Waals surface area contributed by atoms with Crippen LogP contribution in [0.1, 0.15) is 0 Å². The van der Waals surface area contributed by atoms with Gasteiger partial charge in [-0.1, -0.05) is 0 Å². The van der Waals surface area contributed by atoms with Crippen molar-refractivity contribution in [1.29, 1.82) is 0 Å². The number of nitrogens with zero attached hydrogens (tertiary/aromatic N) is 1. The van der Waals surface area contributed by atoms with Crippen molar-refractivity contribution in [2.75, 3.05) is 51.2 Å². The first-order chi connectivity index (χ1) is 8.26. The Hall–Kier alpha value is -1.62. The van der Waals surface area contributed by atoms with Crippen LogP contribution in [0.5, 0.6) is 11.5 Å². The van der Waals surface area contributed by atoms with Crippen molar-refractivity contribution >= 4 is 11.4 Å². The molecular weight excluding hydrogens is 220 g/mol. The Morgan fingerprint density at radius 2 is 1.76 bits per heavy atom. The number of rotatable bonds is 3. The zero-order chi connectivity index (χ0) is 12.3. The van der Waals surface area contributed by atoms with Gasteiger partial charge in [-0.05, 0) is 0 Å². The zero-order valence-corrected chi connectivity index (χ0v) is 10.2. The molecule has 0 unspecified atom stereocenters. The summed E-state index contributed by atoms with van der Waals surface area (Å²) in [6.07, 6.45) is 0. The quantitative estimate of drug-likeness (QED) is 0.800. The number of methoxy groups -OCH3 is 2. The Morgan fingerprint density at radius 1 is 1.12 bits per heavy atom. The summed E-state index contributed by atoms with van der Waals surface area (Å²) in [7, 11) is 3.26. The maximum Gasteiger partial charge on any atom is 0.144 e. The zero-order valence-electron chi connectivity index (χ0n) is 10.2. The fourth-order valence-electron chi connectivity index (χ4n) is 1.96. The second-order valence-corrected chi connectivity index (χ2v) is 3.87. The van der Waals surface area contributed by atoms with E-state index in [1.807, 2.05) is 6.07 Å². The van der Waals surface area contributed by atoms with Gasteiger partial charge in [-0.25, -0.2) is 0 Å². The maximum atomic E-state index is 5.86. The summed E-state index contributed by atoms with van der Waals surface area (Å²) in [5, 5.41) is 0. The summed E-state index contributed by atoms with van der Waals surface area (Å²) < 4.78 is 15.9. The first-order valence-corrected chi connectivity index (χ1v) is 5.60. The summed E-state index contributed by atoms with van der Waals surface area (Å²) in [4.78, 5) is 2.21. The maximum absolute atomic E-state index is 5.86. The molecule has 5 heteroatoms. The van der Waals surface area contributed by atoms with Gasteiger partial charge in [0.25, 0.3) is 0 Å². The lowest BCUT2D eigenvalue weighted by Crippen LogP contribution is -2.36. The Bertz CT molecular complexity index is 390. The first kappa shape index (κ1) is 11.9. The van der Waals surface area contributed by atoms with Gasteiger partial charge in [0.1, 0.15) is 11.5 Å². The van der Waals surface area contributed by atoms with Crippen molar-refractivity contribution in [3.63, 3.8) is 0 Å². The van der Waals surface area contributed by atoms with E-state index in [0.717, 1.165) is 37.7 Å². The van der Waals surface area contributed by atoms with Crippen LogP contribution in [-0.4, -0.2) is 40.5 Å². The van der Waals surface area contributed by atoms with Crippen molar-refractivity contribution in [1.82, 2.24) is 0 Å². The van der Waals surface area contributed by atoms with Crippen LogP contribution in [0.15, 0.2) is 12.1 Å². The van der Waals surface area contributed by atoms with E-state index in [2.05, 4.69) is 4.90 Å². The lowest BCUT2D eigenvalue weighted by Gasteiger charge is -2.30. The lowest BCUT2D eigenvalue weighted by molar-refractivity contribution is 0.122. The van der Waals surface area contributed by atoms with E-state index in [1.165, 1.54) is 0 Å². The highest BCUT2D eigenvalue weighted by atomic mass is 16.5. The molecule has 0 aromatic heterocycles. The second kappa shape index (κ2) is 5.14. The van der Waals surface area contributed by atoms with Crippen LogP contribution >= 0.6 is 0 Å². The summed E-state index contributed by atoms with van der Waals surface area (Å²) in [5.41, 5.74) is 7.44. The van der Waals surface area contributed by atoms with Crippen molar-refractivity contribution < 1.29 is 14.2 Å². The van der Waals surface area contributed by atoms with Crippen LogP contribution < -0.4 is 20.1 Å². The SMILES string of the molecule is COc1cc(N2CCOCC2)c(OC)cc1N. The highest BCUT2D eigenvalue weighted by molar-refractivity contribution is 5.70. The topological polar surface area (TPSA) is 57.0 Å². The van der Waals surface area contributed by atoms with Gasteiger partial charge >= 0.3 is 0 Å². The molecule has 1 aliphatic heterocycles. The van der Waals surface area contributed by atoms with Gasteiger partial charge in [-0.15, -0.1) is 0 Å². The van der Waals surface area contributed by atoms with Crippen LogP contribution in [0.2, 0.25) is 0 Å². The number of nitrogens with two attached hydrogens (primary N) is 1. The molecule has 1 fully saturated rings. The number of hydrogen-bond donors (Lipinski definition) is 1. The number of morpholine rings is 1. The fourth-order valence-corrected chi connectivity index (χ4v) is 1.96. The van der Waals surface area contributed by atoms with Gasteiger partial charge in [0, 0.05) is 25.2 Å². The molecule has 0 saturated carbocycles. The molecule has 0 spiro atoms. The molecule has 2 N–H and O–H groups in total. The van der Waals surface area contributed by atoms with Crippen LogP contribution in [-0.2, 0) is 4.74 Å². The molecule has 0 bridgehead atoms. The Balaban J connectivity index is 2.35. The molecule has 0 radical (unpaired) electrons. The predicted molar refractivity (Wildman–Crippen MR) is 67.0 cm³/mol. The van der Waals surface area contributed by atoms with Crippen molar-refractivity contribution in [2.45, 2.75) is 0 Å². The number of benzene rings is 1. The van der Waals surface area contributed by atoms with Gasteiger partial charge in [0.15, 0.2) is 0 Å². The fraction of sp³-hybridized carbons (Fsp3) is 0.500. The van der Waals surface area contributed by atoms with E-state index in [9.17, 15) is 0 Å². The molecule has 1 aromatic carbocycles. The van der Waals surface area contributed by atoms with Gasteiger partial charge in [0.05, 0.1) is 38.8 Å². The van der Waals surface area contributed by atoms with Gasteiger partial charge in [-0.2, -0.15) is 0 Å². The first-order valence-electron chi connectivity index (χ1n) is 5.60. The van der Waals surface area contributed by atoms with Gasteiger partial charge in [-0.3, -0.25) is 0 Å². The molecule has 2 rings (SSSR count). The highest BCUT2D eigenvalue weighted by Crippen LogP contribution is 2.37. The number of hydrogen-bond acceptors (Lipinski definition) is 5. The number of ether oxygens (including phenoxy) is 3. The molecule has 1 aliphatic rings. The van der Waals surface area contributed by atoms with Crippen LogP contribution in [0.3, 0.4) is 0 Å². The Morgan fingerprint density at radius 3 is 2.35 bits per heavy atom. The van der Waals surface area contributed by atoms with Crippen molar-refractivity contribution in [2.24, 2.45) is 0 Å². The standard InChI is InChI=1S/C12H18N2O3/c1-15-11-8-10(12(16-2)7-9(11)13)14-3-5-17-6-4-14/h7-8H,3-6,13H2,1-2H3. The Kier molecular flexibility index (Phi) is 3.58. The minimum Gasteiger partial charge on any atom is -0.495 e. The van der Waals surface area contributed by atoms with E-state index in [-0.39, 0.29) is 0 Å². The summed E-state index contributed by atoms with van der Waals surface area (Å²) >= 11 is 0. The monoisotopic (exact) mass is 238 g/mol. The molecule has 1 saturated heterocycles. The number of nitrogen functional groups attached to an aromatic ring is 1. The second-order valence-electron chi connectivity index (χ2n) is 3.87. The Labute approximate surface area is 101 Å².